The summed E-state index contributed by atoms with van der Waals surface area (Å²) in [6, 6.07) is 12.8. The highest BCUT2D eigenvalue weighted by Crippen LogP contribution is 2.23. The quantitative estimate of drug-likeness (QED) is 0.396. The molecule has 0 atom stereocenters. The lowest BCUT2D eigenvalue weighted by Gasteiger charge is -2.05. The molecule has 0 aliphatic carbocycles. The zero-order valence-electron chi connectivity index (χ0n) is 10.3. The number of ether oxygens (including phenoxy) is 1. The Hall–Kier alpha value is -2.62. The molecule has 2 aromatic carbocycles. The lowest BCUT2D eigenvalue weighted by atomic mass is 10.0. The average molecular weight is 256 g/mol. The molecule has 4 nitrogen and oxygen atoms in total. The molecule has 2 aromatic rings. The molecule has 0 radical (unpaired) electrons. The highest BCUT2D eigenvalue weighted by molar-refractivity contribution is 6.39. The van der Waals surface area contributed by atoms with Gasteiger partial charge in [-0.25, -0.2) is 4.79 Å². The topological polar surface area (TPSA) is 63.6 Å². The number of carbonyl (C=O) groups is 2. The van der Waals surface area contributed by atoms with Gasteiger partial charge in [0.25, 0.3) is 5.78 Å². The van der Waals surface area contributed by atoms with Gasteiger partial charge in [0.05, 0.1) is 7.11 Å². The molecule has 4 heteroatoms. The number of benzene rings is 2. The van der Waals surface area contributed by atoms with E-state index in [2.05, 4.69) is 4.74 Å². The minimum atomic E-state index is -1.01. The third-order valence-electron chi connectivity index (χ3n) is 2.72. The van der Waals surface area contributed by atoms with E-state index in [4.69, 9.17) is 0 Å². The number of hydrogen-bond donors (Lipinski definition) is 1. The summed E-state index contributed by atoms with van der Waals surface area (Å²) >= 11 is 0. The van der Waals surface area contributed by atoms with Crippen molar-refractivity contribution in [1.82, 2.24) is 0 Å². The van der Waals surface area contributed by atoms with Gasteiger partial charge < -0.3 is 9.84 Å². The Morgan fingerprint density at radius 3 is 2.53 bits per heavy atom. The Bertz CT molecular complexity index is 665. The second-order valence-corrected chi connectivity index (χ2v) is 3.91. The van der Waals surface area contributed by atoms with Crippen LogP contribution in [-0.2, 0) is 14.3 Å². The Morgan fingerprint density at radius 2 is 1.79 bits per heavy atom. The van der Waals surface area contributed by atoms with Crippen LogP contribution in [0.1, 0.15) is 5.56 Å². The van der Waals surface area contributed by atoms with Gasteiger partial charge in [0.2, 0.25) is 0 Å². The lowest BCUT2D eigenvalue weighted by molar-refractivity contribution is -0.149. The summed E-state index contributed by atoms with van der Waals surface area (Å²) in [4.78, 5) is 22.4. The largest absolute Gasteiger partial charge is 0.507 e. The number of aliphatic hydroxyl groups is 1. The van der Waals surface area contributed by atoms with Crippen LogP contribution in [0.15, 0.2) is 48.5 Å². The van der Waals surface area contributed by atoms with Crippen molar-refractivity contribution in [1.29, 1.82) is 0 Å². The molecule has 0 amide bonds. The molecule has 0 aromatic heterocycles. The van der Waals surface area contributed by atoms with Crippen LogP contribution >= 0.6 is 0 Å². The van der Waals surface area contributed by atoms with Crippen LogP contribution < -0.4 is 0 Å². The van der Waals surface area contributed by atoms with E-state index in [1.807, 2.05) is 30.3 Å². The number of esters is 1. The van der Waals surface area contributed by atoms with Gasteiger partial charge in [0, 0.05) is 11.6 Å². The molecule has 0 aliphatic rings. The average Bonchev–Trinajstić information content (AvgIpc) is 2.45. The summed E-state index contributed by atoms with van der Waals surface area (Å²) in [5.41, 5.74) is 0.496. The third kappa shape index (κ3) is 2.63. The first kappa shape index (κ1) is 12.8. The van der Waals surface area contributed by atoms with Crippen molar-refractivity contribution >= 4 is 28.3 Å². The maximum atomic E-state index is 11.4. The molecule has 1 N–H and O–H groups in total. The van der Waals surface area contributed by atoms with Crippen molar-refractivity contribution in [2.24, 2.45) is 0 Å². The minimum Gasteiger partial charge on any atom is -0.507 e. The molecule has 0 unspecified atom stereocenters. The Balaban J connectivity index is 2.47. The Morgan fingerprint density at radius 1 is 1.11 bits per heavy atom. The SMILES string of the molecule is COC(=O)C(=O)C=C(O)c1cccc2ccccc12. The monoisotopic (exact) mass is 256 g/mol. The van der Waals surface area contributed by atoms with E-state index < -0.39 is 11.8 Å². The predicted octanol–water partition coefficient (Wildman–Crippen LogP) is 2.48. The number of rotatable bonds is 3. The summed E-state index contributed by atoms with van der Waals surface area (Å²) in [5.74, 6) is -2.16. The van der Waals surface area contributed by atoms with E-state index in [0.29, 0.717) is 5.56 Å². The number of methoxy groups -OCH3 is 1. The second-order valence-electron chi connectivity index (χ2n) is 3.91. The van der Waals surface area contributed by atoms with Gasteiger partial charge in [0.1, 0.15) is 5.76 Å². The van der Waals surface area contributed by atoms with Crippen molar-refractivity contribution in [3.05, 3.63) is 54.1 Å². The predicted molar refractivity (Wildman–Crippen MR) is 71.6 cm³/mol. The fourth-order valence-corrected chi connectivity index (χ4v) is 1.81. The van der Waals surface area contributed by atoms with E-state index in [-0.39, 0.29) is 5.76 Å². The van der Waals surface area contributed by atoms with Crippen molar-refractivity contribution < 1.29 is 19.4 Å². The summed E-state index contributed by atoms with van der Waals surface area (Å²) in [6.45, 7) is 0. The van der Waals surface area contributed by atoms with Crippen LogP contribution in [0.2, 0.25) is 0 Å². The first-order chi connectivity index (χ1) is 9.13. The van der Waals surface area contributed by atoms with Gasteiger partial charge in [0.15, 0.2) is 0 Å². The van der Waals surface area contributed by atoms with Gasteiger partial charge in [-0.05, 0) is 10.8 Å². The van der Waals surface area contributed by atoms with Crippen molar-refractivity contribution in [2.45, 2.75) is 0 Å². The maximum absolute atomic E-state index is 11.4. The van der Waals surface area contributed by atoms with Crippen LogP contribution in [0.3, 0.4) is 0 Å². The highest BCUT2D eigenvalue weighted by Gasteiger charge is 2.13. The zero-order valence-corrected chi connectivity index (χ0v) is 10.3. The van der Waals surface area contributed by atoms with E-state index >= 15 is 0 Å². The zero-order chi connectivity index (χ0) is 13.8. The first-order valence-corrected chi connectivity index (χ1v) is 5.64. The molecule has 0 spiro atoms. The van der Waals surface area contributed by atoms with Gasteiger partial charge in [-0.1, -0.05) is 42.5 Å². The second kappa shape index (κ2) is 5.35. The normalized spacial score (nSPS) is 11.3. The van der Waals surface area contributed by atoms with E-state index in [1.54, 1.807) is 12.1 Å². The molecule has 19 heavy (non-hydrogen) atoms. The number of fused-ring (bicyclic) bond motifs is 1. The van der Waals surface area contributed by atoms with Gasteiger partial charge in [-0.2, -0.15) is 0 Å². The highest BCUT2D eigenvalue weighted by atomic mass is 16.5. The van der Waals surface area contributed by atoms with Crippen LogP contribution in [0.4, 0.5) is 0 Å². The fourth-order valence-electron chi connectivity index (χ4n) is 1.81. The molecule has 0 bridgehead atoms. The van der Waals surface area contributed by atoms with Crippen LogP contribution in [-0.4, -0.2) is 24.0 Å². The Kier molecular flexibility index (Phi) is 3.61. The van der Waals surface area contributed by atoms with Gasteiger partial charge in [-0.15, -0.1) is 0 Å². The van der Waals surface area contributed by atoms with Gasteiger partial charge in [-0.3, -0.25) is 4.79 Å². The number of ketones is 1. The van der Waals surface area contributed by atoms with E-state index in [0.717, 1.165) is 24.0 Å². The summed E-state index contributed by atoms with van der Waals surface area (Å²) in [6.07, 6.45) is 0.869. The fraction of sp³-hybridized carbons (Fsp3) is 0.0667. The smallest absolute Gasteiger partial charge is 0.378 e. The van der Waals surface area contributed by atoms with Crippen molar-refractivity contribution in [3.63, 3.8) is 0 Å². The van der Waals surface area contributed by atoms with Gasteiger partial charge >= 0.3 is 5.97 Å². The van der Waals surface area contributed by atoms with Crippen molar-refractivity contribution in [2.75, 3.05) is 7.11 Å². The molecule has 0 saturated heterocycles. The third-order valence-corrected chi connectivity index (χ3v) is 2.72. The molecular weight excluding hydrogens is 244 g/mol. The first-order valence-electron chi connectivity index (χ1n) is 5.64. The Labute approximate surface area is 109 Å². The van der Waals surface area contributed by atoms with Crippen molar-refractivity contribution in [3.8, 4) is 0 Å². The standard InChI is InChI=1S/C15H12O4/c1-19-15(18)14(17)9-13(16)12-8-4-6-10-5-2-3-7-11(10)12/h2-9,16H,1H3. The molecular formula is C15H12O4. The molecule has 0 fully saturated rings. The molecule has 96 valence electrons. The summed E-state index contributed by atoms with van der Waals surface area (Å²) in [7, 11) is 1.11. The van der Waals surface area contributed by atoms with Crippen LogP contribution in [0.5, 0.6) is 0 Å². The molecule has 2 rings (SSSR count). The lowest BCUT2D eigenvalue weighted by Crippen LogP contribution is -2.13. The number of carbonyl (C=O) groups excluding carboxylic acids is 2. The number of aliphatic hydroxyl groups excluding tert-OH is 1. The summed E-state index contributed by atoms with van der Waals surface area (Å²) in [5, 5.41) is 11.7. The maximum Gasteiger partial charge on any atom is 0.378 e. The van der Waals surface area contributed by atoms with Crippen LogP contribution in [0, 0.1) is 0 Å². The van der Waals surface area contributed by atoms with E-state index in [1.165, 1.54) is 0 Å². The van der Waals surface area contributed by atoms with E-state index in [9.17, 15) is 14.7 Å². The number of hydrogen-bond acceptors (Lipinski definition) is 4. The van der Waals surface area contributed by atoms with Crippen LogP contribution in [0.25, 0.3) is 16.5 Å². The molecule has 0 saturated carbocycles. The minimum absolute atomic E-state index is 0.257. The summed E-state index contributed by atoms with van der Waals surface area (Å²) < 4.78 is 4.29. The molecule has 0 aliphatic heterocycles. The molecule has 0 heterocycles.